The minimum absolute atomic E-state index is 0.169. The summed E-state index contributed by atoms with van der Waals surface area (Å²) in [4.78, 5) is 14.9. The molecule has 3 rings (SSSR count). The molecule has 33 heavy (non-hydrogen) atoms. The highest BCUT2D eigenvalue weighted by molar-refractivity contribution is 6.32. The van der Waals surface area contributed by atoms with Crippen LogP contribution in [-0.2, 0) is 4.79 Å². The lowest BCUT2D eigenvalue weighted by Gasteiger charge is -2.29. The second-order valence-electron chi connectivity index (χ2n) is 7.87. The molecule has 0 unspecified atom stereocenters. The Kier molecular flexibility index (Phi) is 9.42. The van der Waals surface area contributed by atoms with Crippen LogP contribution in [0.15, 0.2) is 55.3 Å². The molecule has 1 heterocycles. The van der Waals surface area contributed by atoms with Crippen LogP contribution in [-0.4, -0.2) is 55.3 Å². The molecule has 0 aliphatic carbocycles. The van der Waals surface area contributed by atoms with E-state index < -0.39 is 12.1 Å². The van der Waals surface area contributed by atoms with E-state index in [9.17, 15) is 9.90 Å². The summed E-state index contributed by atoms with van der Waals surface area (Å²) >= 11 is 6.27. The van der Waals surface area contributed by atoms with E-state index in [0.717, 1.165) is 31.7 Å². The number of hydrogen-bond donors (Lipinski definition) is 2. The molecule has 1 aliphatic rings. The van der Waals surface area contributed by atoms with E-state index in [2.05, 4.69) is 16.8 Å². The van der Waals surface area contributed by atoms with E-state index >= 15 is 0 Å². The highest BCUT2D eigenvalue weighted by atomic mass is 35.5. The smallest absolute Gasteiger partial charge is 0.223 e. The molecule has 2 atom stereocenters. The number of amides is 1. The van der Waals surface area contributed by atoms with Crippen molar-refractivity contribution in [2.75, 3.05) is 33.4 Å². The molecule has 0 aromatic heterocycles. The minimum atomic E-state index is -0.924. The highest BCUT2D eigenvalue weighted by Gasteiger charge is 2.27. The Hall–Kier alpha value is -2.74. The third kappa shape index (κ3) is 7.39. The number of nitrogens with one attached hydrogen (secondary N) is 1. The van der Waals surface area contributed by atoms with Gasteiger partial charge in [0.25, 0.3) is 0 Å². The lowest BCUT2D eigenvalue weighted by Crippen LogP contribution is -2.47. The summed E-state index contributed by atoms with van der Waals surface area (Å²) in [5.74, 6) is 1.67. The predicted octanol–water partition coefficient (Wildman–Crippen LogP) is 3.95. The van der Waals surface area contributed by atoms with Crippen molar-refractivity contribution >= 4 is 17.5 Å². The molecule has 1 aliphatic heterocycles. The van der Waals surface area contributed by atoms with Gasteiger partial charge in [-0.25, -0.2) is 0 Å². The van der Waals surface area contributed by atoms with Crippen LogP contribution in [0.1, 0.15) is 30.9 Å². The molecule has 0 spiro atoms. The summed E-state index contributed by atoms with van der Waals surface area (Å²) in [6.07, 6.45) is 2.77. The Morgan fingerprint density at radius 1 is 1.21 bits per heavy atom. The predicted molar refractivity (Wildman–Crippen MR) is 128 cm³/mol. The van der Waals surface area contributed by atoms with Crippen molar-refractivity contribution in [2.24, 2.45) is 0 Å². The fourth-order valence-corrected chi connectivity index (χ4v) is 4.03. The van der Waals surface area contributed by atoms with Crippen LogP contribution in [0.4, 0.5) is 0 Å². The van der Waals surface area contributed by atoms with E-state index in [0.29, 0.717) is 28.6 Å². The Balaban J connectivity index is 1.60. The van der Waals surface area contributed by atoms with E-state index in [-0.39, 0.29) is 18.9 Å². The number of likely N-dealkylation sites (tertiary alicyclic amines) is 1. The number of carbonyl (C=O) groups excluding carboxylic acids is 1. The van der Waals surface area contributed by atoms with Gasteiger partial charge in [-0.15, -0.1) is 0 Å². The average Bonchev–Trinajstić information content (AvgIpc) is 3.33. The number of ether oxygens (including phenoxy) is 3. The van der Waals surface area contributed by atoms with E-state index in [1.165, 1.54) is 6.26 Å². The third-order valence-corrected chi connectivity index (χ3v) is 5.84. The molecule has 1 saturated heterocycles. The zero-order valence-electron chi connectivity index (χ0n) is 18.8. The van der Waals surface area contributed by atoms with E-state index in [1.54, 1.807) is 49.6 Å². The zero-order valence-corrected chi connectivity index (χ0v) is 19.6. The fourth-order valence-electron chi connectivity index (χ4n) is 3.80. The van der Waals surface area contributed by atoms with Crippen LogP contribution in [0.2, 0.25) is 5.02 Å². The van der Waals surface area contributed by atoms with Gasteiger partial charge in [0.2, 0.25) is 5.91 Å². The minimum Gasteiger partial charge on any atom is -0.497 e. The first-order valence-electron chi connectivity index (χ1n) is 11.0. The molecule has 2 N–H and O–H groups in total. The van der Waals surface area contributed by atoms with Gasteiger partial charge in [0.15, 0.2) is 0 Å². The number of halogens is 1. The molecule has 1 fully saturated rings. The zero-order chi connectivity index (χ0) is 23.6. The van der Waals surface area contributed by atoms with Crippen LogP contribution in [0, 0.1) is 0 Å². The van der Waals surface area contributed by atoms with Crippen molar-refractivity contribution in [1.82, 2.24) is 10.2 Å². The fraction of sp³-hybridized carbons (Fsp3) is 0.400. The van der Waals surface area contributed by atoms with E-state index in [1.807, 2.05) is 0 Å². The Labute approximate surface area is 199 Å². The monoisotopic (exact) mass is 474 g/mol. The van der Waals surface area contributed by atoms with Gasteiger partial charge in [0, 0.05) is 6.54 Å². The van der Waals surface area contributed by atoms with Crippen molar-refractivity contribution in [3.63, 3.8) is 0 Å². The lowest BCUT2D eigenvalue weighted by molar-refractivity contribution is -0.123. The Morgan fingerprint density at radius 2 is 1.91 bits per heavy atom. The molecule has 1 amide bonds. The van der Waals surface area contributed by atoms with Gasteiger partial charge >= 0.3 is 0 Å². The number of nitrogens with zero attached hydrogens (tertiary/aromatic N) is 1. The summed E-state index contributed by atoms with van der Waals surface area (Å²) in [6, 6.07) is 11.8. The first-order valence-corrected chi connectivity index (χ1v) is 11.4. The van der Waals surface area contributed by atoms with Gasteiger partial charge in [0.05, 0.1) is 37.5 Å². The summed E-state index contributed by atoms with van der Waals surface area (Å²) in [5, 5.41) is 14.4. The topological polar surface area (TPSA) is 80.3 Å². The van der Waals surface area contributed by atoms with Crippen molar-refractivity contribution in [3.8, 4) is 17.2 Å². The van der Waals surface area contributed by atoms with Crippen LogP contribution >= 0.6 is 11.6 Å². The highest BCUT2D eigenvalue weighted by Crippen LogP contribution is 2.29. The standard InChI is InChI=1S/C25H31ClN2O5/c1-3-32-23-11-6-18(16-21(23)26)25(30)22(17-28-13-4-5-14-28)27-24(29)12-15-33-20-9-7-19(31-2)8-10-20/h3,6-11,16,22,25,30H,1,4-5,12-15,17H2,2H3,(H,27,29)/t22-,25-/m1/s1. The van der Waals surface area contributed by atoms with E-state index in [4.69, 9.17) is 25.8 Å². The average molecular weight is 475 g/mol. The molecule has 0 radical (unpaired) electrons. The van der Waals surface area contributed by atoms with Gasteiger partial charge in [-0.2, -0.15) is 0 Å². The number of hydrogen-bond acceptors (Lipinski definition) is 6. The normalized spacial score (nSPS) is 15.5. The molecular weight excluding hydrogens is 444 g/mol. The first-order chi connectivity index (χ1) is 16.0. The molecule has 178 valence electrons. The molecule has 7 nitrogen and oxygen atoms in total. The molecular formula is C25H31ClN2O5. The molecule has 8 heteroatoms. The number of benzene rings is 2. The number of aliphatic hydroxyl groups excluding tert-OH is 1. The second kappa shape index (κ2) is 12.5. The number of rotatable bonds is 12. The van der Waals surface area contributed by atoms with Crippen molar-refractivity contribution < 1.29 is 24.1 Å². The van der Waals surface area contributed by atoms with Crippen molar-refractivity contribution in [2.45, 2.75) is 31.4 Å². The molecule has 0 saturated carbocycles. The van der Waals surface area contributed by atoms with Crippen LogP contribution < -0.4 is 19.5 Å². The van der Waals surface area contributed by atoms with Crippen molar-refractivity contribution in [3.05, 3.63) is 65.9 Å². The Morgan fingerprint density at radius 3 is 2.55 bits per heavy atom. The maximum atomic E-state index is 12.7. The second-order valence-corrected chi connectivity index (χ2v) is 8.28. The Bertz CT molecular complexity index is 916. The lowest BCUT2D eigenvalue weighted by atomic mass is 10.0. The summed E-state index contributed by atoms with van der Waals surface area (Å²) in [5.41, 5.74) is 0.607. The van der Waals surface area contributed by atoms with Gasteiger partial charge in [-0.1, -0.05) is 24.2 Å². The van der Waals surface area contributed by atoms with Gasteiger partial charge in [-0.3, -0.25) is 4.79 Å². The first kappa shape index (κ1) is 24.9. The van der Waals surface area contributed by atoms with Crippen LogP contribution in [0.3, 0.4) is 0 Å². The van der Waals surface area contributed by atoms with Crippen molar-refractivity contribution in [1.29, 1.82) is 0 Å². The third-order valence-electron chi connectivity index (χ3n) is 5.55. The number of carbonyl (C=O) groups is 1. The van der Waals surface area contributed by atoms with Crippen LogP contribution in [0.25, 0.3) is 0 Å². The number of aliphatic hydroxyl groups is 1. The largest absolute Gasteiger partial charge is 0.497 e. The summed E-state index contributed by atoms with van der Waals surface area (Å²) < 4.78 is 16.0. The van der Waals surface area contributed by atoms with Gasteiger partial charge in [0.1, 0.15) is 23.4 Å². The van der Waals surface area contributed by atoms with Gasteiger partial charge in [-0.05, 0) is 67.9 Å². The van der Waals surface area contributed by atoms with Gasteiger partial charge < -0.3 is 29.5 Å². The molecule has 2 aromatic carbocycles. The van der Waals surface area contributed by atoms with Crippen LogP contribution in [0.5, 0.6) is 17.2 Å². The quantitative estimate of drug-likeness (QED) is 0.453. The maximum absolute atomic E-state index is 12.7. The summed E-state index contributed by atoms with van der Waals surface area (Å²) in [7, 11) is 1.60. The molecule has 0 bridgehead atoms. The molecule has 2 aromatic rings. The maximum Gasteiger partial charge on any atom is 0.223 e. The SMILES string of the molecule is C=COc1ccc([C@@H](O)[C@@H](CN2CCCC2)NC(=O)CCOc2ccc(OC)cc2)cc1Cl. The summed E-state index contributed by atoms with van der Waals surface area (Å²) in [6.45, 7) is 6.20. The number of methoxy groups -OCH3 is 1.